The highest BCUT2D eigenvalue weighted by atomic mass is 16.6. The highest BCUT2D eigenvalue weighted by Gasteiger charge is 2.63. The van der Waals surface area contributed by atoms with E-state index in [2.05, 4.69) is 0 Å². The fourth-order valence-electron chi connectivity index (χ4n) is 5.49. The number of piperidine rings is 1. The van der Waals surface area contributed by atoms with Crippen molar-refractivity contribution < 1.29 is 24.4 Å². The molecular formula is C21H27N5O6. The first-order chi connectivity index (χ1) is 15.1. The minimum absolute atomic E-state index is 0.0176. The third kappa shape index (κ3) is 3.77. The Morgan fingerprint density at radius 2 is 1.81 bits per heavy atom. The maximum atomic E-state index is 13.3. The summed E-state index contributed by atoms with van der Waals surface area (Å²) in [6.07, 6.45) is 0.818. The number of para-hydroxylation sites is 2. The van der Waals surface area contributed by atoms with Crippen LogP contribution in [0.1, 0.15) is 12.8 Å². The molecule has 172 valence electrons. The zero-order chi connectivity index (χ0) is 23.2. The number of benzene rings is 1. The van der Waals surface area contributed by atoms with Crippen molar-refractivity contribution in [3.05, 3.63) is 34.4 Å². The molecule has 4 rings (SSSR count). The van der Waals surface area contributed by atoms with Crippen molar-refractivity contribution >= 4 is 29.2 Å². The molecule has 4 unspecified atom stereocenters. The Bertz CT molecular complexity index is 962. The number of carboxylic acids is 1. The van der Waals surface area contributed by atoms with E-state index in [-0.39, 0.29) is 23.9 Å². The fraction of sp³-hybridized carbons (Fsp3) is 0.571. The lowest BCUT2D eigenvalue weighted by Crippen LogP contribution is -2.60. The molecule has 0 aromatic heterocycles. The Balaban J connectivity index is 1.45. The Morgan fingerprint density at radius 3 is 2.38 bits per heavy atom. The Morgan fingerprint density at radius 1 is 1.16 bits per heavy atom. The van der Waals surface area contributed by atoms with Crippen LogP contribution in [0.15, 0.2) is 24.3 Å². The number of piperazine rings is 1. The van der Waals surface area contributed by atoms with E-state index in [1.54, 1.807) is 35.0 Å². The lowest BCUT2D eigenvalue weighted by Gasteiger charge is -2.44. The number of amides is 2. The smallest absolute Gasteiger partial charge is 0.308 e. The maximum Gasteiger partial charge on any atom is 0.308 e. The third-order valence-electron chi connectivity index (χ3n) is 7.16. The summed E-state index contributed by atoms with van der Waals surface area (Å²) in [5.74, 6) is -2.98. The van der Waals surface area contributed by atoms with E-state index in [0.29, 0.717) is 44.8 Å². The number of aliphatic carboxylic acids is 1. The Hall–Kier alpha value is -3.21. The van der Waals surface area contributed by atoms with Crippen LogP contribution in [0.3, 0.4) is 0 Å². The number of likely N-dealkylation sites (tertiary alicyclic amines) is 1. The number of nitrogens with zero attached hydrogens (tertiary/aromatic N) is 4. The molecule has 3 aliphatic rings. The van der Waals surface area contributed by atoms with Gasteiger partial charge >= 0.3 is 5.97 Å². The highest BCUT2D eigenvalue weighted by molar-refractivity contribution is 5.89. The molecular weight excluding hydrogens is 418 g/mol. The van der Waals surface area contributed by atoms with Crippen molar-refractivity contribution in [3.63, 3.8) is 0 Å². The molecule has 2 saturated heterocycles. The first kappa shape index (κ1) is 22.0. The number of carboxylic acid groups (broad SMARTS) is 1. The van der Waals surface area contributed by atoms with Gasteiger partial charge in [0.05, 0.1) is 10.8 Å². The first-order valence-corrected chi connectivity index (χ1v) is 10.6. The number of hydrogen-bond acceptors (Lipinski definition) is 7. The lowest BCUT2D eigenvalue weighted by atomic mass is 9.79. The average Bonchev–Trinajstić information content (AvgIpc) is 3.46. The molecule has 1 aromatic rings. The summed E-state index contributed by atoms with van der Waals surface area (Å²) in [5, 5.41) is 21.2. The van der Waals surface area contributed by atoms with E-state index in [0.717, 1.165) is 0 Å². The van der Waals surface area contributed by atoms with Crippen LogP contribution in [0.2, 0.25) is 0 Å². The van der Waals surface area contributed by atoms with Crippen LogP contribution in [0, 0.1) is 27.4 Å². The molecule has 3 N–H and O–H groups in total. The van der Waals surface area contributed by atoms with Gasteiger partial charge in [0.15, 0.2) is 0 Å². The summed E-state index contributed by atoms with van der Waals surface area (Å²) in [4.78, 5) is 53.2. The predicted molar refractivity (Wildman–Crippen MR) is 114 cm³/mol. The number of nitro benzene ring substituents is 1. The second kappa shape index (κ2) is 8.05. The van der Waals surface area contributed by atoms with E-state index in [9.17, 15) is 29.6 Å². The molecule has 4 atom stereocenters. The van der Waals surface area contributed by atoms with Gasteiger partial charge in [-0.2, -0.15) is 0 Å². The van der Waals surface area contributed by atoms with E-state index in [4.69, 9.17) is 5.73 Å². The van der Waals surface area contributed by atoms with E-state index < -0.39 is 34.2 Å². The van der Waals surface area contributed by atoms with Crippen molar-refractivity contribution in [2.75, 3.05) is 44.7 Å². The fourth-order valence-corrected chi connectivity index (χ4v) is 5.49. The van der Waals surface area contributed by atoms with Gasteiger partial charge in [0.1, 0.15) is 11.7 Å². The zero-order valence-electron chi connectivity index (χ0n) is 17.8. The van der Waals surface area contributed by atoms with Gasteiger partial charge < -0.3 is 20.6 Å². The van der Waals surface area contributed by atoms with E-state index in [1.807, 2.05) is 4.90 Å². The molecule has 1 aliphatic carbocycles. The largest absolute Gasteiger partial charge is 0.481 e. The molecule has 1 saturated carbocycles. The Labute approximate surface area is 184 Å². The number of carbonyl (C=O) groups is 3. The molecule has 2 heterocycles. The van der Waals surface area contributed by atoms with E-state index >= 15 is 0 Å². The molecule has 0 bridgehead atoms. The van der Waals surface area contributed by atoms with Crippen LogP contribution in [0.25, 0.3) is 0 Å². The molecule has 3 fully saturated rings. The van der Waals surface area contributed by atoms with E-state index in [1.165, 1.54) is 6.07 Å². The highest BCUT2D eigenvalue weighted by Crippen LogP contribution is 2.59. The second-order valence-corrected chi connectivity index (χ2v) is 9.09. The van der Waals surface area contributed by atoms with Crippen molar-refractivity contribution in [1.29, 1.82) is 0 Å². The first-order valence-electron chi connectivity index (χ1n) is 10.6. The number of hydrogen-bond donors (Lipinski definition) is 2. The summed E-state index contributed by atoms with van der Waals surface area (Å²) in [7, 11) is 1.72. The summed E-state index contributed by atoms with van der Waals surface area (Å²) in [6.45, 7) is 1.97. The monoisotopic (exact) mass is 445 g/mol. The summed E-state index contributed by atoms with van der Waals surface area (Å²) in [6, 6.07) is 5.68. The average molecular weight is 445 g/mol. The van der Waals surface area contributed by atoms with Crippen molar-refractivity contribution in [2.45, 2.75) is 18.9 Å². The van der Waals surface area contributed by atoms with Crippen molar-refractivity contribution in [3.8, 4) is 0 Å². The van der Waals surface area contributed by atoms with Crippen molar-refractivity contribution in [1.82, 2.24) is 9.80 Å². The van der Waals surface area contributed by atoms with Crippen LogP contribution in [-0.4, -0.2) is 83.4 Å². The third-order valence-corrected chi connectivity index (χ3v) is 7.16. The maximum absolute atomic E-state index is 13.3. The summed E-state index contributed by atoms with van der Waals surface area (Å²) in [5.41, 5.74) is 5.52. The van der Waals surface area contributed by atoms with Crippen LogP contribution < -0.4 is 10.6 Å². The van der Waals surface area contributed by atoms with Gasteiger partial charge in [-0.25, -0.2) is 0 Å². The number of likely N-dealkylation sites (N-methyl/N-ethyl adjacent to an activating group) is 1. The number of carbonyl (C=O) groups excluding carboxylic acids is 2. The molecule has 2 aliphatic heterocycles. The summed E-state index contributed by atoms with van der Waals surface area (Å²) < 4.78 is 0. The SMILES string of the molecule is CN1CC2(CC(C(=O)O)C1C(=O)N1CCN(c3ccccc3[N+](=O)[O-])CC1)CC2C(N)=O. The molecule has 2 amide bonds. The van der Waals surface area contributed by atoms with Gasteiger partial charge in [-0.15, -0.1) is 0 Å². The van der Waals surface area contributed by atoms with Gasteiger partial charge in [-0.1, -0.05) is 12.1 Å². The quantitative estimate of drug-likeness (QED) is 0.480. The molecule has 11 nitrogen and oxygen atoms in total. The van der Waals surface area contributed by atoms with Crippen LogP contribution >= 0.6 is 0 Å². The van der Waals surface area contributed by atoms with Crippen LogP contribution in [0.5, 0.6) is 0 Å². The molecule has 0 radical (unpaired) electrons. The lowest BCUT2D eigenvalue weighted by molar-refractivity contribution is -0.384. The molecule has 32 heavy (non-hydrogen) atoms. The molecule has 1 aromatic carbocycles. The molecule has 1 spiro atoms. The van der Waals surface area contributed by atoms with Gasteiger partial charge in [0, 0.05) is 44.7 Å². The topological polar surface area (TPSA) is 150 Å². The zero-order valence-corrected chi connectivity index (χ0v) is 17.8. The molecule has 11 heteroatoms. The van der Waals surface area contributed by atoms with Gasteiger partial charge in [-0.3, -0.25) is 29.4 Å². The minimum Gasteiger partial charge on any atom is -0.481 e. The number of anilines is 1. The van der Waals surface area contributed by atoms with Crippen LogP contribution in [-0.2, 0) is 14.4 Å². The minimum atomic E-state index is -1.05. The van der Waals surface area contributed by atoms with Crippen molar-refractivity contribution in [2.24, 2.45) is 23.0 Å². The second-order valence-electron chi connectivity index (χ2n) is 9.09. The number of nitro groups is 1. The Kier molecular flexibility index (Phi) is 5.53. The van der Waals surface area contributed by atoms with Gasteiger partial charge in [0.25, 0.3) is 5.69 Å². The predicted octanol–water partition coefficient (Wildman–Crippen LogP) is 0.140. The standard InChI is InChI=1S/C21H27N5O6/c1-23-12-21(11-14(21)18(22)27)10-13(20(29)30)17(23)19(28)25-8-6-24(7-9-25)15-4-2-3-5-16(15)26(31)32/h2-5,13-14,17H,6-12H2,1H3,(H2,22,27)(H,29,30). The number of primary amides is 1. The van der Waals surface area contributed by atoms with Gasteiger partial charge in [-0.05, 0) is 31.4 Å². The van der Waals surface area contributed by atoms with Gasteiger partial charge in [0.2, 0.25) is 11.8 Å². The van der Waals surface area contributed by atoms with Crippen LogP contribution in [0.4, 0.5) is 11.4 Å². The summed E-state index contributed by atoms with van der Waals surface area (Å²) >= 11 is 0. The normalized spacial score (nSPS) is 30.2. The number of rotatable bonds is 5. The number of nitrogens with two attached hydrogens (primary N) is 1.